The smallest absolute Gasteiger partial charge is 0.325 e. The summed E-state index contributed by atoms with van der Waals surface area (Å²) in [5.74, 6) is 0.541. The number of hydrogen-bond donors (Lipinski definition) is 2. The van der Waals surface area contributed by atoms with Gasteiger partial charge in [-0.3, -0.25) is 4.79 Å². The fraction of sp³-hybridized carbons (Fsp3) is 0.350. The quantitative estimate of drug-likeness (QED) is 0.749. The number of rotatable bonds is 6. The van der Waals surface area contributed by atoms with E-state index in [-0.39, 0.29) is 12.3 Å². The van der Waals surface area contributed by atoms with E-state index in [4.69, 9.17) is 4.89 Å². The molecule has 4 nitrogen and oxygen atoms in total. The predicted molar refractivity (Wildman–Crippen MR) is 103 cm³/mol. The van der Waals surface area contributed by atoms with E-state index in [0.29, 0.717) is 17.1 Å². The Hall–Kier alpha value is -2.03. The van der Waals surface area contributed by atoms with Crippen LogP contribution in [-0.2, 0) is 15.8 Å². The highest BCUT2D eigenvalue weighted by atomic mass is 31.1. The summed E-state index contributed by atoms with van der Waals surface area (Å²) in [6.07, 6.45) is 0.229. The van der Waals surface area contributed by atoms with E-state index >= 15 is 0 Å². The molecular formula is C20H25NO3P+. The Morgan fingerprint density at radius 1 is 1.00 bits per heavy atom. The number of hydrogen-bond acceptors (Lipinski definition) is 2. The van der Waals surface area contributed by atoms with Gasteiger partial charge in [-0.05, 0) is 45.2 Å². The van der Waals surface area contributed by atoms with Gasteiger partial charge >= 0.3 is 8.03 Å². The molecule has 5 heteroatoms. The Morgan fingerprint density at radius 2 is 1.52 bits per heavy atom. The van der Waals surface area contributed by atoms with Crippen molar-refractivity contribution in [3.63, 3.8) is 0 Å². The molecule has 2 rings (SSSR count). The lowest BCUT2D eigenvalue weighted by Crippen LogP contribution is -2.18. The maximum atomic E-state index is 12.5. The average Bonchev–Trinajstić information content (AvgIpc) is 2.54. The second-order valence-corrected chi connectivity index (χ2v) is 7.85. The average molecular weight is 358 g/mol. The summed E-state index contributed by atoms with van der Waals surface area (Å²) in [6.45, 7) is 8.46. The van der Waals surface area contributed by atoms with Gasteiger partial charge in [0.15, 0.2) is 0 Å². The molecule has 0 saturated carbocycles. The normalized spacial score (nSPS) is 11.7. The molecule has 0 fully saturated rings. The number of carbonyl (C=O) groups is 1. The molecule has 1 amide bonds. The topological polar surface area (TPSA) is 66.4 Å². The zero-order valence-electron chi connectivity index (χ0n) is 15.1. The van der Waals surface area contributed by atoms with E-state index in [9.17, 15) is 9.36 Å². The summed E-state index contributed by atoms with van der Waals surface area (Å²) in [7, 11) is -2.34. The standard InChI is InChI=1S/C20H24NO3P/c1-13(2)17-6-5-7-18(14(3)4)20(17)21-19(22)12-15-8-10-16(11-9-15)25(23)24/h5-11,13-14H,12H2,1-4H3,(H-,21,22,23,24)/p+1. The van der Waals surface area contributed by atoms with Crippen LogP contribution < -0.4 is 10.6 Å². The highest BCUT2D eigenvalue weighted by molar-refractivity contribution is 7.47. The molecule has 1 unspecified atom stereocenters. The first-order valence-electron chi connectivity index (χ1n) is 8.47. The number of carbonyl (C=O) groups excluding carboxylic acids is 1. The van der Waals surface area contributed by atoms with Crippen molar-refractivity contribution >= 4 is 24.9 Å². The van der Waals surface area contributed by atoms with Crippen LogP contribution in [0, 0.1) is 0 Å². The number of nitrogens with one attached hydrogen (secondary N) is 1. The van der Waals surface area contributed by atoms with Gasteiger partial charge in [0.25, 0.3) is 0 Å². The maximum Gasteiger partial charge on any atom is 0.546 e. The first-order valence-corrected chi connectivity index (χ1v) is 9.68. The lowest BCUT2D eigenvalue weighted by molar-refractivity contribution is -0.115. The Balaban J connectivity index is 2.21. The van der Waals surface area contributed by atoms with Crippen LogP contribution in [0.4, 0.5) is 5.69 Å². The molecule has 25 heavy (non-hydrogen) atoms. The summed E-state index contributed by atoms with van der Waals surface area (Å²) < 4.78 is 11.0. The van der Waals surface area contributed by atoms with E-state index in [1.807, 2.05) is 6.07 Å². The van der Waals surface area contributed by atoms with Gasteiger partial charge in [-0.25, -0.2) is 0 Å². The van der Waals surface area contributed by atoms with Gasteiger partial charge in [-0.15, -0.1) is 0 Å². The van der Waals surface area contributed by atoms with Crippen molar-refractivity contribution < 1.29 is 14.3 Å². The SMILES string of the molecule is CC(C)c1cccc(C(C)C)c1NC(=O)Cc1ccc([P+](=O)O)cc1. The Bertz CT molecular complexity index is 741. The Labute approximate surface area is 150 Å². The number of anilines is 1. The van der Waals surface area contributed by atoms with Crippen molar-refractivity contribution in [2.24, 2.45) is 0 Å². The van der Waals surface area contributed by atoms with Crippen molar-refractivity contribution in [1.82, 2.24) is 0 Å². The molecule has 0 heterocycles. The molecule has 0 aliphatic rings. The minimum Gasteiger partial charge on any atom is -0.325 e. The van der Waals surface area contributed by atoms with Crippen molar-refractivity contribution in [3.05, 3.63) is 59.2 Å². The van der Waals surface area contributed by atoms with Crippen LogP contribution in [0.2, 0.25) is 0 Å². The van der Waals surface area contributed by atoms with E-state index in [1.54, 1.807) is 24.3 Å². The van der Waals surface area contributed by atoms with E-state index in [2.05, 4.69) is 45.1 Å². The Morgan fingerprint density at radius 3 is 1.96 bits per heavy atom. The van der Waals surface area contributed by atoms with Crippen LogP contribution in [-0.4, -0.2) is 10.8 Å². The van der Waals surface area contributed by atoms with Gasteiger partial charge in [0.1, 0.15) is 0 Å². The summed E-state index contributed by atoms with van der Waals surface area (Å²) in [6, 6.07) is 12.8. The first-order chi connectivity index (χ1) is 11.8. The molecule has 1 atom stereocenters. The number of benzene rings is 2. The fourth-order valence-electron chi connectivity index (χ4n) is 2.81. The van der Waals surface area contributed by atoms with Crippen LogP contribution in [0.1, 0.15) is 56.2 Å². The molecule has 2 aromatic rings. The minimum absolute atomic E-state index is 0.0869. The van der Waals surface area contributed by atoms with Crippen molar-refractivity contribution in [2.75, 3.05) is 5.32 Å². The van der Waals surface area contributed by atoms with Crippen molar-refractivity contribution in [3.8, 4) is 0 Å². The van der Waals surface area contributed by atoms with Crippen LogP contribution in [0.5, 0.6) is 0 Å². The molecule has 0 aliphatic heterocycles. The van der Waals surface area contributed by atoms with Crippen LogP contribution in [0.25, 0.3) is 0 Å². The molecule has 0 radical (unpaired) electrons. The van der Waals surface area contributed by atoms with Gasteiger partial charge in [0.2, 0.25) is 11.2 Å². The summed E-state index contributed by atoms with van der Waals surface area (Å²) in [5.41, 5.74) is 3.98. The van der Waals surface area contributed by atoms with Crippen LogP contribution in [0.3, 0.4) is 0 Å². The highest BCUT2D eigenvalue weighted by Crippen LogP contribution is 2.32. The highest BCUT2D eigenvalue weighted by Gasteiger charge is 2.18. The molecule has 132 valence electrons. The summed E-state index contributed by atoms with van der Waals surface area (Å²) >= 11 is 0. The van der Waals surface area contributed by atoms with Gasteiger partial charge in [0.05, 0.1) is 6.42 Å². The Kier molecular flexibility index (Phi) is 6.46. The van der Waals surface area contributed by atoms with Gasteiger partial charge in [-0.1, -0.05) is 58.0 Å². The van der Waals surface area contributed by atoms with Crippen LogP contribution in [0.15, 0.2) is 42.5 Å². The molecule has 0 spiro atoms. The fourth-order valence-corrected chi connectivity index (χ4v) is 3.21. The van der Waals surface area contributed by atoms with Gasteiger partial charge in [-0.2, -0.15) is 4.89 Å². The largest absolute Gasteiger partial charge is 0.546 e. The molecular weight excluding hydrogens is 333 g/mol. The summed E-state index contributed by atoms with van der Waals surface area (Å²) in [5, 5.41) is 3.45. The molecule has 0 aliphatic carbocycles. The third kappa shape index (κ3) is 4.97. The third-order valence-electron chi connectivity index (χ3n) is 4.16. The van der Waals surface area contributed by atoms with Gasteiger partial charge < -0.3 is 5.32 Å². The zero-order chi connectivity index (χ0) is 18.6. The van der Waals surface area contributed by atoms with Gasteiger partial charge in [0, 0.05) is 5.69 Å². The zero-order valence-corrected chi connectivity index (χ0v) is 16.0. The van der Waals surface area contributed by atoms with E-state index < -0.39 is 8.03 Å². The van der Waals surface area contributed by atoms with Crippen molar-refractivity contribution in [1.29, 1.82) is 0 Å². The predicted octanol–water partition coefficient (Wildman–Crippen LogP) is 4.47. The molecule has 0 bridgehead atoms. The lowest BCUT2D eigenvalue weighted by Gasteiger charge is -2.20. The third-order valence-corrected chi connectivity index (χ3v) is 4.90. The molecule has 0 saturated heterocycles. The first kappa shape index (κ1) is 19.3. The summed E-state index contributed by atoms with van der Waals surface area (Å²) in [4.78, 5) is 21.6. The number of amides is 1. The number of para-hydroxylation sites is 1. The van der Waals surface area contributed by atoms with Crippen LogP contribution >= 0.6 is 8.03 Å². The second-order valence-electron chi connectivity index (χ2n) is 6.79. The van der Waals surface area contributed by atoms with E-state index in [0.717, 1.165) is 22.4 Å². The lowest BCUT2D eigenvalue weighted by atomic mass is 9.92. The molecule has 2 N–H and O–H groups in total. The maximum absolute atomic E-state index is 12.5. The molecule has 0 aromatic heterocycles. The second kappa shape index (κ2) is 8.37. The van der Waals surface area contributed by atoms with Crippen molar-refractivity contribution in [2.45, 2.75) is 46.0 Å². The minimum atomic E-state index is -2.34. The van der Waals surface area contributed by atoms with E-state index in [1.165, 1.54) is 0 Å². The monoisotopic (exact) mass is 358 g/mol. The molecule has 2 aromatic carbocycles.